The number of phenolic OH excluding ortho intramolecular Hbond substituents is 1. The zero-order valence-corrected chi connectivity index (χ0v) is 13.2. The number of benzene rings is 2. The molecule has 3 aromatic rings. The van der Waals surface area contributed by atoms with Crippen LogP contribution in [0.4, 0.5) is 0 Å². The average Bonchev–Trinajstić information content (AvgIpc) is 2.45. The molecule has 0 radical (unpaired) electrons. The number of fused-ring (bicyclic) bond motifs is 1. The molecule has 0 saturated carbocycles. The molecule has 0 aliphatic carbocycles. The first kappa shape index (κ1) is 13.4. The number of hydrogen-bond acceptors (Lipinski definition) is 3. The molecule has 0 spiro atoms. The van der Waals surface area contributed by atoms with Crippen LogP contribution < -0.4 is 5.43 Å². The molecule has 0 amide bonds. The van der Waals surface area contributed by atoms with Crippen molar-refractivity contribution in [2.45, 2.75) is 0 Å². The monoisotopic (exact) mass is 394 g/mol. The predicted octanol–water partition coefficient (Wildman–Crippen LogP) is 4.69. The molecular formula is C15H8Br2O3. The van der Waals surface area contributed by atoms with E-state index in [1.165, 1.54) is 6.07 Å². The fourth-order valence-corrected chi connectivity index (χ4v) is 3.24. The van der Waals surface area contributed by atoms with E-state index in [0.717, 1.165) is 5.56 Å². The summed E-state index contributed by atoms with van der Waals surface area (Å²) in [6.07, 6.45) is 0. The minimum absolute atomic E-state index is 0.114. The fraction of sp³-hybridized carbons (Fsp3) is 0. The summed E-state index contributed by atoms with van der Waals surface area (Å²) in [7, 11) is 0. The van der Waals surface area contributed by atoms with Gasteiger partial charge >= 0.3 is 0 Å². The van der Waals surface area contributed by atoms with Crippen LogP contribution in [0.15, 0.2) is 60.6 Å². The van der Waals surface area contributed by atoms with Crippen LogP contribution in [-0.2, 0) is 0 Å². The van der Waals surface area contributed by atoms with E-state index in [2.05, 4.69) is 31.9 Å². The second-order valence-corrected chi connectivity index (χ2v) is 5.94. The summed E-state index contributed by atoms with van der Waals surface area (Å²) in [6.45, 7) is 0. The number of hydrogen-bond donors (Lipinski definition) is 1. The maximum Gasteiger partial charge on any atom is 0.197 e. The molecule has 3 nitrogen and oxygen atoms in total. The molecule has 5 heteroatoms. The first-order chi connectivity index (χ1) is 9.58. The second kappa shape index (κ2) is 5.07. The molecule has 0 bridgehead atoms. The Balaban J connectivity index is 2.39. The van der Waals surface area contributed by atoms with Gasteiger partial charge in [-0.1, -0.05) is 30.3 Å². The molecule has 0 saturated heterocycles. The summed E-state index contributed by atoms with van der Waals surface area (Å²) in [6, 6.07) is 12.4. The first-order valence-corrected chi connectivity index (χ1v) is 7.37. The summed E-state index contributed by atoms with van der Waals surface area (Å²) >= 11 is 6.55. The number of halogens is 2. The Bertz CT molecular complexity index is 854. The third-order valence-corrected chi connectivity index (χ3v) is 4.13. The Morgan fingerprint density at radius 3 is 2.40 bits per heavy atom. The maximum atomic E-state index is 12.2. The van der Waals surface area contributed by atoms with Gasteiger partial charge in [-0.05, 0) is 37.9 Å². The van der Waals surface area contributed by atoms with Gasteiger partial charge in [-0.2, -0.15) is 0 Å². The molecule has 1 N–H and O–H groups in total. The van der Waals surface area contributed by atoms with Crippen LogP contribution in [0.5, 0.6) is 5.75 Å². The van der Waals surface area contributed by atoms with E-state index in [9.17, 15) is 9.90 Å². The van der Waals surface area contributed by atoms with E-state index >= 15 is 0 Å². The van der Waals surface area contributed by atoms with Crippen molar-refractivity contribution in [3.05, 3.63) is 61.6 Å². The van der Waals surface area contributed by atoms with E-state index in [1.807, 2.05) is 30.3 Å². The first-order valence-electron chi connectivity index (χ1n) is 5.78. The highest BCUT2D eigenvalue weighted by Crippen LogP contribution is 2.37. The van der Waals surface area contributed by atoms with Gasteiger partial charge in [-0.25, -0.2) is 0 Å². The van der Waals surface area contributed by atoms with Gasteiger partial charge in [-0.15, -0.1) is 0 Å². The van der Waals surface area contributed by atoms with Gasteiger partial charge in [0.15, 0.2) is 11.0 Å². The largest absolute Gasteiger partial charge is 0.506 e. The zero-order valence-electron chi connectivity index (χ0n) is 10.1. The SMILES string of the molecule is O=c1cc(-c2ccccc2)oc2c(Br)cc(Br)c(O)c12. The molecule has 0 fully saturated rings. The fourth-order valence-electron chi connectivity index (χ4n) is 2.00. The highest BCUT2D eigenvalue weighted by molar-refractivity contribution is 9.11. The zero-order chi connectivity index (χ0) is 14.3. The topological polar surface area (TPSA) is 50.4 Å². The lowest BCUT2D eigenvalue weighted by Gasteiger charge is -2.07. The molecule has 100 valence electrons. The highest BCUT2D eigenvalue weighted by Gasteiger charge is 2.15. The number of rotatable bonds is 1. The van der Waals surface area contributed by atoms with Gasteiger partial charge in [0.1, 0.15) is 16.9 Å². The van der Waals surface area contributed by atoms with Crippen molar-refractivity contribution in [2.24, 2.45) is 0 Å². The molecule has 0 atom stereocenters. The van der Waals surface area contributed by atoms with E-state index in [0.29, 0.717) is 20.3 Å². The lowest BCUT2D eigenvalue weighted by Crippen LogP contribution is -2.01. The number of aromatic hydroxyl groups is 1. The summed E-state index contributed by atoms with van der Waals surface area (Å²) in [4.78, 5) is 12.2. The van der Waals surface area contributed by atoms with E-state index < -0.39 is 0 Å². The van der Waals surface area contributed by atoms with E-state index in [4.69, 9.17) is 4.42 Å². The van der Waals surface area contributed by atoms with Crippen molar-refractivity contribution in [1.82, 2.24) is 0 Å². The third kappa shape index (κ3) is 2.17. The molecule has 1 heterocycles. The Morgan fingerprint density at radius 2 is 1.70 bits per heavy atom. The minimum atomic E-state index is -0.287. The molecule has 0 unspecified atom stereocenters. The van der Waals surface area contributed by atoms with Gasteiger partial charge in [0.05, 0.1) is 8.95 Å². The molecule has 1 aromatic heterocycles. The maximum absolute atomic E-state index is 12.2. The van der Waals surface area contributed by atoms with Crippen molar-refractivity contribution >= 4 is 42.8 Å². The van der Waals surface area contributed by atoms with Gasteiger partial charge in [0, 0.05) is 11.6 Å². The molecule has 0 aliphatic heterocycles. The van der Waals surface area contributed by atoms with Crippen molar-refractivity contribution in [2.75, 3.05) is 0 Å². The molecule has 20 heavy (non-hydrogen) atoms. The Kier molecular flexibility index (Phi) is 3.40. The number of phenols is 1. The summed E-state index contributed by atoms with van der Waals surface area (Å²) in [5.41, 5.74) is 0.850. The lowest BCUT2D eigenvalue weighted by atomic mass is 10.1. The van der Waals surface area contributed by atoms with Crippen LogP contribution in [0.25, 0.3) is 22.3 Å². The summed E-state index contributed by atoms with van der Waals surface area (Å²) in [5, 5.41) is 10.2. The van der Waals surface area contributed by atoms with Crippen molar-refractivity contribution < 1.29 is 9.52 Å². The normalized spacial score (nSPS) is 10.9. The van der Waals surface area contributed by atoms with E-state index in [1.54, 1.807) is 6.07 Å². The second-order valence-electron chi connectivity index (χ2n) is 4.23. The van der Waals surface area contributed by atoms with Crippen LogP contribution >= 0.6 is 31.9 Å². The van der Waals surface area contributed by atoms with Crippen LogP contribution in [-0.4, -0.2) is 5.11 Å². The van der Waals surface area contributed by atoms with Crippen LogP contribution in [0.2, 0.25) is 0 Å². The van der Waals surface area contributed by atoms with Crippen molar-refractivity contribution in [1.29, 1.82) is 0 Å². The third-order valence-electron chi connectivity index (χ3n) is 2.94. The molecular weight excluding hydrogens is 388 g/mol. The molecule has 3 rings (SSSR count). The Labute approximate surface area is 131 Å². The lowest BCUT2D eigenvalue weighted by molar-refractivity contribution is 0.476. The van der Waals surface area contributed by atoms with Crippen molar-refractivity contribution in [3.8, 4) is 17.1 Å². The highest BCUT2D eigenvalue weighted by atomic mass is 79.9. The summed E-state index contributed by atoms with van der Waals surface area (Å²) in [5.74, 6) is 0.349. The standard InChI is InChI=1S/C15H8Br2O3/c16-9-6-10(17)15-13(14(9)19)11(18)7-12(20-15)8-4-2-1-3-5-8/h1-7,19H. The smallest absolute Gasteiger partial charge is 0.197 e. The Hall–Kier alpha value is -1.59. The van der Waals surface area contributed by atoms with E-state index in [-0.39, 0.29) is 16.6 Å². The van der Waals surface area contributed by atoms with Crippen molar-refractivity contribution in [3.63, 3.8) is 0 Å². The quantitative estimate of drug-likeness (QED) is 0.650. The van der Waals surface area contributed by atoms with Crippen LogP contribution in [0.1, 0.15) is 0 Å². The van der Waals surface area contributed by atoms with Crippen LogP contribution in [0.3, 0.4) is 0 Å². The Morgan fingerprint density at radius 1 is 1.00 bits per heavy atom. The molecule has 2 aromatic carbocycles. The van der Waals surface area contributed by atoms with Gasteiger partial charge in [-0.3, -0.25) is 4.79 Å². The predicted molar refractivity (Wildman–Crippen MR) is 85.0 cm³/mol. The molecule has 0 aliphatic rings. The average molecular weight is 396 g/mol. The van der Waals surface area contributed by atoms with Gasteiger partial charge in [0.2, 0.25) is 0 Å². The minimum Gasteiger partial charge on any atom is -0.506 e. The van der Waals surface area contributed by atoms with Crippen LogP contribution in [0, 0.1) is 0 Å². The van der Waals surface area contributed by atoms with Gasteiger partial charge < -0.3 is 9.52 Å². The summed E-state index contributed by atoms with van der Waals surface area (Å²) < 4.78 is 6.81. The van der Waals surface area contributed by atoms with Gasteiger partial charge in [0.25, 0.3) is 0 Å².